The normalized spacial score (nSPS) is 15.9. The van der Waals surface area contributed by atoms with Crippen LogP contribution in [0.3, 0.4) is 0 Å². The number of sulfone groups is 1. The first-order valence-corrected chi connectivity index (χ1v) is 10.2. The lowest BCUT2D eigenvalue weighted by Gasteiger charge is -2.22. The Hall–Kier alpha value is -2.15. The van der Waals surface area contributed by atoms with Crippen molar-refractivity contribution in [2.24, 2.45) is 0 Å². The van der Waals surface area contributed by atoms with E-state index in [9.17, 15) is 13.2 Å². The maximum absolute atomic E-state index is 12.7. The van der Waals surface area contributed by atoms with E-state index < -0.39 is 15.8 Å². The van der Waals surface area contributed by atoms with Crippen molar-refractivity contribution in [2.45, 2.75) is 43.2 Å². The first-order chi connectivity index (χ1) is 11.9. The summed E-state index contributed by atoms with van der Waals surface area (Å²) in [7, 11) is -2.02. The van der Waals surface area contributed by atoms with Crippen LogP contribution in [0.4, 0.5) is 0 Å². The molecule has 0 N–H and O–H groups in total. The van der Waals surface area contributed by atoms with E-state index in [-0.39, 0.29) is 16.7 Å². The molecule has 1 aromatic carbocycles. The summed E-state index contributed by atoms with van der Waals surface area (Å²) in [5, 5.41) is 0.383. The van der Waals surface area contributed by atoms with Crippen molar-refractivity contribution in [3.63, 3.8) is 0 Å². The maximum atomic E-state index is 12.7. The van der Waals surface area contributed by atoms with Crippen LogP contribution in [-0.4, -0.2) is 38.8 Å². The highest BCUT2D eigenvalue weighted by atomic mass is 32.2. The number of hydrogen-bond acceptors (Lipinski definition) is 6. The van der Waals surface area contributed by atoms with E-state index in [4.69, 9.17) is 9.47 Å². The van der Waals surface area contributed by atoms with Gasteiger partial charge in [-0.2, -0.15) is 0 Å². The number of esters is 1. The van der Waals surface area contributed by atoms with Gasteiger partial charge in [-0.05, 0) is 49.9 Å². The Morgan fingerprint density at radius 3 is 2.52 bits per heavy atom. The molecule has 6 nitrogen and oxygen atoms in total. The second-order valence-electron chi connectivity index (χ2n) is 6.33. The fraction of sp³-hybridized carbons (Fsp3) is 0.444. The number of carbonyl (C=O) groups excluding carboxylic acids is 1. The number of hydrogen-bond donors (Lipinski definition) is 0. The van der Waals surface area contributed by atoms with Gasteiger partial charge in [0, 0.05) is 11.6 Å². The fourth-order valence-electron chi connectivity index (χ4n) is 3.06. The number of benzene rings is 1. The largest absolute Gasteiger partial charge is 0.497 e. The molecule has 7 heteroatoms. The first kappa shape index (κ1) is 17.7. The number of rotatable bonds is 4. The van der Waals surface area contributed by atoms with Crippen LogP contribution in [0.25, 0.3) is 10.9 Å². The van der Waals surface area contributed by atoms with Crippen molar-refractivity contribution in [1.82, 2.24) is 4.98 Å². The second kappa shape index (κ2) is 7.00. The van der Waals surface area contributed by atoms with E-state index in [2.05, 4.69) is 4.98 Å². The minimum absolute atomic E-state index is 0.114. The van der Waals surface area contributed by atoms with Crippen LogP contribution in [0.5, 0.6) is 5.75 Å². The number of pyridine rings is 1. The molecule has 1 heterocycles. The quantitative estimate of drug-likeness (QED) is 0.776. The van der Waals surface area contributed by atoms with Crippen LogP contribution >= 0.6 is 0 Å². The molecule has 3 rings (SSSR count). The monoisotopic (exact) mass is 363 g/mol. The SMILES string of the molecule is COc1ccc2nc(S(C)(=O)=O)cc(C(=O)OC3CCCCC3)c2c1. The van der Waals surface area contributed by atoms with Gasteiger partial charge < -0.3 is 9.47 Å². The molecule has 0 unspecified atom stereocenters. The van der Waals surface area contributed by atoms with Gasteiger partial charge in [0.05, 0.1) is 18.2 Å². The molecule has 2 aromatic rings. The highest BCUT2D eigenvalue weighted by Gasteiger charge is 2.23. The topological polar surface area (TPSA) is 82.6 Å². The molecule has 0 aliphatic heterocycles. The van der Waals surface area contributed by atoms with Crippen LogP contribution in [-0.2, 0) is 14.6 Å². The van der Waals surface area contributed by atoms with E-state index >= 15 is 0 Å². The third-order valence-corrected chi connectivity index (χ3v) is 5.39. The second-order valence-corrected chi connectivity index (χ2v) is 8.29. The van der Waals surface area contributed by atoms with Crippen molar-refractivity contribution in [2.75, 3.05) is 13.4 Å². The molecule has 134 valence electrons. The minimum Gasteiger partial charge on any atom is -0.497 e. The molecule has 1 aliphatic carbocycles. The maximum Gasteiger partial charge on any atom is 0.339 e. The van der Waals surface area contributed by atoms with Crippen molar-refractivity contribution in [1.29, 1.82) is 0 Å². The lowest BCUT2D eigenvalue weighted by Crippen LogP contribution is -2.21. The highest BCUT2D eigenvalue weighted by Crippen LogP contribution is 2.27. The van der Waals surface area contributed by atoms with Crippen LogP contribution in [0.2, 0.25) is 0 Å². The molecule has 0 atom stereocenters. The highest BCUT2D eigenvalue weighted by molar-refractivity contribution is 7.90. The van der Waals surface area contributed by atoms with E-state index in [1.807, 2.05) is 0 Å². The predicted octanol–water partition coefficient (Wildman–Crippen LogP) is 3.14. The van der Waals surface area contributed by atoms with E-state index in [0.29, 0.717) is 16.7 Å². The molecule has 25 heavy (non-hydrogen) atoms. The van der Waals surface area contributed by atoms with Gasteiger partial charge in [-0.1, -0.05) is 6.42 Å². The lowest BCUT2D eigenvalue weighted by molar-refractivity contribution is 0.0213. The van der Waals surface area contributed by atoms with Crippen molar-refractivity contribution in [3.8, 4) is 5.75 Å². The predicted molar refractivity (Wildman–Crippen MR) is 93.7 cm³/mol. The molecule has 0 saturated heterocycles. The van der Waals surface area contributed by atoms with Crippen molar-refractivity contribution >= 4 is 26.7 Å². The molecular weight excluding hydrogens is 342 g/mol. The summed E-state index contributed by atoms with van der Waals surface area (Å²) in [6.07, 6.45) is 5.88. The average molecular weight is 363 g/mol. The van der Waals surface area contributed by atoms with Gasteiger partial charge in [0.15, 0.2) is 14.9 Å². The van der Waals surface area contributed by atoms with Crippen molar-refractivity contribution < 1.29 is 22.7 Å². The third kappa shape index (κ3) is 3.92. The summed E-state index contributed by atoms with van der Waals surface area (Å²) in [5.74, 6) is 0.0468. The molecule has 0 bridgehead atoms. The van der Waals surface area contributed by atoms with Crippen molar-refractivity contribution in [3.05, 3.63) is 29.8 Å². The number of ether oxygens (including phenoxy) is 2. The standard InChI is InChI=1S/C18H21NO5S/c1-23-13-8-9-16-14(10-13)15(11-17(19-16)25(2,21)22)18(20)24-12-6-4-3-5-7-12/h8-12H,3-7H2,1-2H3. The molecule has 0 amide bonds. The van der Waals surface area contributed by atoms with Crippen LogP contribution in [0.1, 0.15) is 42.5 Å². The Morgan fingerprint density at radius 1 is 1.16 bits per heavy atom. The smallest absolute Gasteiger partial charge is 0.339 e. The van der Waals surface area contributed by atoms with Gasteiger partial charge in [-0.15, -0.1) is 0 Å². The number of fused-ring (bicyclic) bond motifs is 1. The zero-order chi connectivity index (χ0) is 18.0. The van der Waals surface area contributed by atoms with Crippen LogP contribution in [0, 0.1) is 0 Å². The van der Waals surface area contributed by atoms with Gasteiger partial charge in [0.25, 0.3) is 0 Å². The summed E-state index contributed by atoms with van der Waals surface area (Å²) in [6.45, 7) is 0. The third-order valence-electron chi connectivity index (χ3n) is 4.42. The summed E-state index contributed by atoms with van der Waals surface area (Å²) >= 11 is 0. The lowest BCUT2D eigenvalue weighted by atomic mass is 9.98. The van der Waals surface area contributed by atoms with Crippen LogP contribution in [0.15, 0.2) is 29.3 Å². The number of methoxy groups -OCH3 is 1. The number of carbonyl (C=O) groups is 1. The molecule has 1 fully saturated rings. The summed E-state index contributed by atoms with van der Waals surface area (Å²) in [4.78, 5) is 16.9. The average Bonchev–Trinajstić information content (AvgIpc) is 2.60. The van der Waals surface area contributed by atoms with Gasteiger partial charge in [0.2, 0.25) is 0 Å². The Bertz CT molecular complexity index is 901. The molecule has 0 radical (unpaired) electrons. The van der Waals surface area contributed by atoms with Gasteiger partial charge in [0.1, 0.15) is 11.9 Å². The molecule has 0 spiro atoms. The number of nitrogens with zero attached hydrogens (tertiary/aromatic N) is 1. The van der Waals surface area contributed by atoms with Gasteiger partial charge in [-0.3, -0.25) is 0 Å². The Labute approximate surface area is 147 Å². The summed E-state index contributed by atoms with van der Waals surface area (Å²) < 4.78 is 34.7. The van der Waals surface area contributed by atoms with Crippen LogP contribution < -0.4 is 4.74 Å². The summed E-state index contributed by atoms with van der Waals surface area (Å²) in [5.41, 5.74) is 0.620. The van der Waals surface area contributed by atoms with Gasteiger partial charge in [-0.25, -0.2) is 18.2 Å². The number of aromatic nitrogens is 1. The molecule has 1 saturated carbocycles. The Balaban J connectivity index is 2.07. The first-order valence-electron chi connectivity index (χ1n) is 8.28. The zero-order valence-electron chi connectivity index (χ0n) is 14.3. The van der Waals surface area contributed by atoms with E-state index in [1.54, 1.807) is 18.2 Å². The molecule has 1 aromatic heterocycles. The van der Waals surface area contributed by atoms with E-state index in [0.717, 1.165) is 38.4 Å². The molecular formula is C18H21NO5S. The fourth-order valence-corrected chi connectivity index (χ4v) is 3.66. The molecule has 1 aliphatic rings. The minimum atomic E-state index is -3.55. The Morgan fingerprint density at radius 2 is 1.88 bits per heavy atom. The summed E-state index contributed by atoms with van der Waals surface area (Å²) in [6, 6.07) is 6.28. The zero-order valence-corrected chi connectivity index (χ0v) is 15.1. The van der Waals surface area contributed by atoms with Gasteiger partial charge >= 0.3 is 5.97 Å². The Kier molecular flexibility index (Phi) is 4.94. The van der Waals surface area contributed by atoms with E-state index in [1.165, 1.54) is 13.2 Å².